The third kappa shape index (κ3) is 5.87. The van der Waals surface area contributed by atoms with Gasteiger partial charge in [-0.3, -0.25) is 4.79 Å². The van der Waals surface area contributed by atoms with Gasteiger partial charge in [-0.1, -0.05) is 60.7 Å². The SMILES string of the molecule is CCOC(=O)c1sc(NC(=O)COC(=O)c2ccc3nc(-c4ccccc4)c(-c4ccccc4)nc3c2)c(C#N)c1C. The van der Waals surface area contributed by atoms with Gasteiger partial charge in [-0.25, -0.2) is 19.6 Å². The molecule has 0 fully saturated rings. The Morgan fingerprint density at radius 2 is 1.48 bits per heavy atom. The molecule has 9 nitrogen and oxygen atoms in total. The maximum atomic E-state index is 12.9. The van der Waals surface area contributed by atoms with Crippen LogP contribution < -0.4 is 5.32 Å². The Hall–Kier alpha value is -5.40. The van der Waals surface area contributed by atoms with E-state index in [1.807, 2.05) is 66.7 Å². The van der Waals surface area contributed by atoms with Crippen molar-refractivity contribution in [1.29, 1.82) is 5.26 Å². The first-order valence-corrected chi connectivity index (χ1v) is 13.8. The molecule has 0 aliphatic rings. The number of nitrogens with one attached hydrogen (secondary N) is 1. The molecule has 3 aromatic carbocycles. The fourth-order valence-electron chi connectivity index (χ4n) is 4.28. The number of aromatic nitrogens is 2. The first-order valence-electron chi connectivity index (χ1n) is 13.0. The number of nitriles is 1. The number of fused-ring (bicyclic) bond motifs is 1. The van der Waals surface area contributed by atoms with Crippen LogP contribution in [0.4, 0.5) is 5.00 Å². The molecule has 0 aliphatic carbocycles. The van der Waals surface area contributed by atoms with E-state index in [4.69, 9.17) is 19.4 Å². The maximum absolute atomic E-state index is 12.9. The summed E-state index contributed by atoms with van der Waals surface area (Å²) in [5.74, 6) is -1.96. The normalized spacial score (nSPS) is 10.6. The lowest BCUT2D eigenvalue weighted by Gasteiger charge is -2.11. The summed E-state index contributed by atoms with van der Waals surface area (Å²) in [4.78, 5) is 47.6. The van der Waals surface area contributed by atoms with Crippen LogP contribution in [0.1, 0.15) is 38.1 Å². The van der Waals surface area contributed by atoms with E-state index in [9.17, 15) is 19.6 Å². The summed E-state index contributed by atoms with van der Waals surface area (Å²) in [5.41, 5.74) is 5.02. The number of hydrogen-bond donors (Lipinski definition) is 1. The minimum Gasteiger partial charge on any atom is -0.462 e. The summed E-state index contributed by atoms with van der Waals surface area (Å²) in [6, 6.07) is 26.2. The second-order valence-corrected chi connectivity index (χ2v) is 10.1. The average Bonchev–Trinajstić information content (AvgIpc) is 3.34. The largest absolute Gasteiger partial charge is 0.462 e. The molecule has 1 N–H and O–H groups in total. The maximum Gasteiger partial charge on any atom is 0.348 e. The Morgan fingerprint density at radius 1 is 0.857 bits per heavy atom. The molecule has 0 bridgehead atoms. The van der Waals surface area contributed by atoms with Crippen molar-refractivity contribution >= 4 is 45.2 Å². The van der Waals surface area contributed by atoms with Crippen molar-refractivity contribution in [3.8, 4) is 28.6 Å². The highest BCUT2D eigenvalue weighted by Gasteiger charge is 2.23. The summed E-state index contributed by atoms with van der Waals surface area (Å²) in [5, 5.41) is 12.3. The van der Waals surface area contributed by atoms with Gasteiger partial charge in [0.15, 0.2) is 6.61 Å². The Kier molecular flexibility index (Phi) is 8.32. The van der Waals surface area contributed by atoms with E-state index in [-0.39, 0.29) is 27.6 Å². The van der Waals surface area contributed by atoms with E-state index in [1.165, 1.54) is 0 Å². The highest BCUT2D eigenvalue weighted by atomic mass is 32.1. The number of carbonyl (C=O) groups excluding carboxylic acids is 3. The van der Waals surface area contributed by atoms with Crippen molar-refractivity contribution in [3.63, 3.8) is 0 Å². The standard InChI is InChI=1S/C32H24N4O5S/c1-3-40-32(39)29-19(2)23(17-33)30(42-29)36-26(37)18-41-31(38)22-14-15-24-25(16-22)35-28(21-12-8-5-9-13-21)27(34-24)20-10-6-4-7-11-20/h4-16H,3,18H2,1-2H3,(H,36,37). The topological polar surface area (TPSA) is 131 Å². The molecule has 0 radical (unpaired) electrons. The molecule has 5 rings (SSSR count). The quantitative estimate of drug-likeness (QED) is 0.217. The lowest BCUT2D eigenvalue weighted by Crippen LogP contribution is -2.20. The minimum atomic E-state index is -0.725. The number of thiophene rings is 1. The van der Waals surface area contributed by atoms with Gasteiger partial charge in [0, 0.05) is 11.1 Å². The van der Waals surface area contributed by atoms with Gasteiger partial charge in [-0.05, 0) is 37.6 Å². The molecular formula is C32H24N4O5S. The molecule has 2 aromatic heterocycles. The number of hydrogen-bond acceptors (Lipinski definition) is 9. The number of carbonyl (C=O) groups is 3. The van der Waals surface area contributed by atoms with Crippen molar-refractivity contribution in [2.24, 2.45) is 0 Å². The molecule has 2 heterocycles. The monoisotopic (exact) mass is 576 g/mol. The number of benzene rings is 3. The molecule has 10 heteroatoms. The van der Waals surface area contributed by atoms with Gasteiger partial charge in [0.25, 0.3) is 5.91 Å². The zero-order valence-electron chi connectivity index (χ0n) is 22.7. The van der Waals surface area contributed by atoms with Gasteiger partial charge < -0.3 is 14.8 Å². The number of ether oxygens (including phenoxy) is 2. The number of esters is 2. The molecule has 1 amide bonds. The lowest BCUT2D eigenvalue weighted by molar-refractivity contribution is -0.119. The fourth-order valence-corrected chi connectivity index (χ4v) is 5.35. The van der Waals surface area contributed by atoms with Crippen molar-refractivity contribution in [3.05, 3.63) is 100 Å². The van der Waals surface area contributed by atoms with Crippen LogP contribution in [0.5, 0.6) is 0 Å². The van der Waals surface area contributed by atoms with Gasteiger partial charge in [-0.2, -0.15) is 5.26 Å². The van der Waals surface area contributed by atoms with Crippen LogP contribution in [0.25, 0.3) is 33.5 Å². The molecule has 0 spiro atoms. The van der Waals surface area contributed by atoms with Gasteiger partial charge in [0.05, 0.1) is 40.2 Å². The van der Waals surface area contributed by atoms with Crippen molar-refractivity contribution in [2.45, 2.75) is 13.8 Å². The Labute approximate surface area is 245 Å². The van der Waals surface area contributed by atoms with E-state index in [1.54, 1.807) is 32.0 Å². The Morgan fingerprint density at radius 3 is 2.07 bits per heavy atom. The highest BCUT2D eigenvalue weighted by Crippen LogP contribution is 2.33. The molecular weight excluding hydrogens is 552 g/mol. The molecule has 0 saturated carbocycles. The van der Waals surface area contributed by atoms with Gasteiger partial charge in [0.1, 0.15) is 15.9 Å². The zero-order valence-corrected chi connectivity index (χ0v) is 23.5. The molecule has 0 saturated heterocycles. The third-order valence-corrected chi connectivity index (χ3v) is 7.49. The second kappa shape index (κ2) is 12.4. The van der Waals surface area contributed by atoms with Crippen LogP contribution in [0, 0.1) is 18.3 Å². The van der Waals surface area contributed by atoms with Crippen LogP contribution in [-0.2, 0) is 14.3 Å². The smallest absolute Gasteiger partial charge is 0.348 e. The van der Waals surface area contributed by atoms with Crippen molar-refractivity contribution in [2.75, 3.05) is 18.5 Å². The lowest BCUT2D eigenvalue weighted by atomic mass is 10.0. The van der Waals surface area contributed by atoms with E-state index >= 15 is 0 Å². The van der Waals surface area contributed by atoms with Gasteiger partial charge >= 0.3 is 11.9 Å². The van der Waals surface area contributed by atoms with Crippen LogP contribution >= 0.6 is 11.3 Å². The van der Waals surface area contributed by atoms with E-state index in [0.29, 0.717) is 28.0 Å². The Bertz CT molecular complexity index is 1850. The van der Waals surface area contributed by atoms with Crippen LogP contribution in [-0.4, -0.2) is 41.0 Å². The highest BCUT2D eigenvalue weighted by molar-refractivity contribution is 7.18. The molecule has 42 heavy (non-hydrogen) atoms. The number of rotatable bonds is 8. The first-order chi connectivity index (χ1) is 20.4. The number of amides is 1. The van der Waals surface area contributed by atoms with Crippen molar-refractivity contribution < 1.29 is 23.9 Å². The minimum absolute atomic E-state index is 0.153. The van der Waals surface area contributed by atoms with Crippen LogP contribution in [0.2, 0.25) is 0 Å². The van der Waals surface area contributed by atoms with E-state index in [2.05, 4.69) is 5.32 Å². The number of nitrogens with zero attached hydrogens (tertiary/aromatic N) is 3. The van der Waals surface area contributed by atoms with Gasteiger partial charge in [-0.15, -0.1) is 11.3 Å². The van der Waals surface area contributed by atoms with Crippen LogP contribution in [0.15, 0.2) is 78.9 Å². The summed E-state index contributed by atoms with van der Waals surface area (Å²) in [7, 11) is 0. The molecule has 5 aromatic rings. The molecule has 0 unspecified atom stereocenters. The Balaban J connectivity index is 1.35. The molecule has 0 atom stereocenters. The predicted molar refractivity (Wildman–Crippen MR) is 159 cm³/mol. The second-order valence-electron chi connectivity index (χ2n) is 9.07. The van der Waals surface area contributed by atoms with Gasteiger partial charge in [0.2, 0.25) is 0 Å². The summed E-state index contributed by atoms with van der Waals surface area (Å²) >= 11 is 0.933. The van der Waals surface area contributed by atoms with E-state index < -0.39 is 24.5 Å². The summed E-state index contributed by atoms with van der Waals surface area (Å²) in [6.07, 6.45) is 0. The fraction of sp³-hybridized carbons (Fsp3) is 0.125. The van der Waals surface area contributed by atoms with Crippen LogP contribution in [0.3, 0.4) is 0 Å². The predicted octanol–water partition coefficient (Wildman–Crippen LogP) is 6.18. The molecule has 0 aliphatic heterocycles. The molecule has 208 valence electrons. The summed E-state index contributed by atoms with van der Waals surface area (Å²) < 4.78 is 10.3. The number of anilines is 1. The summed E-state index contributed by atoms with van der Waals surface area (Å²) in [6.45, 7) is 2.86. The average molecular weight is 577 g/mol. The van der Waals surface area contributed by atoms with E-state index in [0.717, 1.165) is 22.5 Å². The zero-order chi connectivity index (χ0) is 29.6. The first kappa shape index (κ1) is 28.1. The van der Waals surface area contributed by atoms with Crippen molar-refractivity contribution in [1.82, 2.24) is 9.97 Å². The third-order valence-electron chi connectivity index (χ3n) is 6.30.